The van der Waals surface area contributed by atoms with Crippen LogP contribution in [0.25, 0.3) is 0 Å². The lowest BCUT2D eigenvalue weighted by atomic mass is 10.5. The van der Waals surface area contributed by atoms with E-state index >= 15 is 0 Å². The molecule has 0 heterocycles. The van der Waals surface area contributed by atoms with Gasteiger partial charge in [-0.15, -0.1) is 0 Å². The third-order valence-corrected chi connectivity index (χ3v) is 2.99. The molecule has 0 N–H and O–H groups in total. The summed E-state index contributed by atoms with van der Waals surface area (Å²) >= 11 is 0. The van der Waals surface area contributed by atoms with E-state index in [2.05, 4.69) is 89.8 Å². The number of rotatable bonds is 4. The van der Waals surface area contributed by atoms with Crippen molar-refractivity contribution >= 4 is 0 Å². The van der Waals surface area contributed by atoms with Crippen LogP contribution in [-0.4, -0.2) is 88.3 Å². The predicted octanol–water partition coefficient (Wildman–Crippen LogP) is 0.911. The summed E-state index contributed by atoms with van der Waals surface area (Å²) in [6.45, 7) is 4.33. The van der Waals surface area contributed by atoms with Crippen LogP contribution in [0.1, 0.15) is 13.8 Å². The number of nitrogens with zero attached hydrogens (tertiary/aromatic N) is 4. The zero-order valence-corrected chi connectivity index (χ0v) is 12.9. The van der Waals surface area contributed by atoms with E-state index in [0.29, 0.717) is 12.3 Å². The highest BCUT2D eigenvalue weighted by Gasteiger charge is 2.04. The van der Waals surface area contributed by atoms with Crippen LogP contribution in [0.5, 0.6) is 0 Å². The Kier molecular flexibility index (Phi) is 10.2. The molecule has 0 unspecified atom stereocenters. The van der Waals surface area contributed by atoms with Crippen molar-refractivity contribution in [2.45, 2.75) is 26.2 Å². The summed E-state index contributed by atoms with van der Waals surface area (Å²) in [5, 5.41) is 0. The summed E-state index contributed by atoms with van der Waals surface area (Å²) in [5.41, 5.74) is 0. The van der Waals surface area contributed by atoms with Gasteiger partial charge in [-0.05, 0) is 70.2 Å². The van der Waals surface area contributed by atoms with E-state index in [4.69, 9.17) is 0 Å². The molecule has 0 saturated heterocycles. The summed E-state index contributed by atoms with van der Waals surface area (Å²) in [5.74, 6) is 0. The van der Waals surface area contributed by atoms with Crippen LogP contribution in [-0.2, 0) is 0 Å². The van der Waals surface area contributed by atoms with Crippen LogP contribution < -0.4 is 0 Å². The Hall–Kier alpha value is -0.160. The average molecular weight is 232 g/mol. The molecule has 0 spiro atoms. The van der Waals surface area contributed by atoms with Crippen molar-refractivity contribution < 1.29 is 0 Å². The fourth-order valence-corrected chi connectivity index (χ4v) is 0.924. The van der Waals surface area contributed by atoms with E-state index in [0.717, 1.165) is 0 Å². The van der Waals surface area contributed by atoms with Gasteiger partial charge in [0.25, 0.3) is 0 Å². The van der Waals surface area contributed by atoms with Gasteiger partial charge in [-0.2, -0.15) is 0 Å². The molecule has 0 bridgehead atoms. The summed E-state index contributed by atoms with van der Waals surface area (Å²) in [6.07, 6.45) is 1.07. The lowest BCUT2D eigenvalue weighted by molar-refractivity contribution is 0.147. The van der Waals surface area contributed by atoms with Crippen molar-refractivity contribution in [3.05, 3.63) is 0 Å². The molecule has 0 aromatic heterocycles. The molecule has 0 rings (SSSR count). The Morgan fingerprint density at radius 2 is 0.562 bits per heavy atom. The summed E-state index contributed by atoms with van der Waals surface area (Å²) < 4.78 is 0. The van der Waals surface area contributed by atoms with Crippen LogP contribution in [0, 0.1) is 0 Å². The molecule has 0 aliphatic heterocycles. The first-order valence-electron chi connectivity index (χ1n) is 5.77. The average Bonchev–Trinajstić information content (AvgIpc) is 2.15. The summed E-state index contributed by atoms with van der Waals surface area (Å²) in [6, 6.07) is 0. The molecule has 0 fully saturated rings. The molecule has 0 aromatic rings. The van der Waals surface area contributed by atoms with Gasteiger partial charge < -0.3 is 0 Å². The monoisotopic (exact) mass is 232 g/mol. The van der Waals surface area contributed by atoms with Gasteiger partial charge in [0, 0.05) is 0 Å². The molecule has 0 aliphatic rings. The van der Waals surface area contributed by atoms with E-state index in [1.807, 2.05) is 0 Å². The second-order valence-electron chi connectivity index (χ2n) is 5.12. The van der Waals surface area contributed by atoms with Gasteiger partial charge in [-0.3, -0.25) is 19.6 Å². The van der Waals surface area contributed by atoms with Gasteiger partial charge in [-0.25, -0.2) is 0 Å². The second-order valence-corrected chi connectivity index (χ2v) is 5.12. The Balaban J connectivity index is 0. The van der Waals surface area contributed by atoms with Crippen LogP contribution >= 0.6 is 0 Å². The fourth-order valence-electron chi connectivity index (χ4n) is 0.924. The lowest BCUT2D eigenvalue weighted by Gasteiger charge is -2.26. The molecule has 4 heteroatoms. The van der Waals surface area contributed by atoms with Crippen LogP contribution in [0.2, 0.25) is 0 Å². The third kappa shape index (κ3) is 9.09. The highest BCUT2D eigenvalue weighted by Crippen LogP contribution is 1.92. The molecule has 0 amide bonds. The highest BCUT2D eigenvalue weighted by atomic mass is 15.3. The standard InChI is InChI=1S/2C6H16N2/c2*1-6(7(2)3)8(4)5/h2*6H,1-5H3. The van der Waals surface area contributed by atoms with Crippen LogP contribution in [0.4, 0.5) is 0 Å². The molecular weight excluding hydrogens is 200 g/mol. The minimum Gasteiger partial charge on any atom is -0.294 e. The van der Waals surface area contributed by atoms with Crippen molar-refractivity contribution in [3.8, 4) is 0 Å². The quantitative estimate of drug-likeness (QED) is 0.668. The Morgan fingerprint density at radius 3 is 0.562 bits per heavy atom. The predicted molar refractivity (Wildman–Crippen MR) is 73.7 cm³/mol. The first-order valence-corrected chi connectivity index (χ1v) is 5.77. The second kappa shape index (κ2) is 8.93. The maximum atomic E-state index is 2.17. The minimum atomic E-state index is 0.537. The van der Waals surface area contributed by atoms with Crippen molar-refractivity contribution in [2.75, 3.05) is 56.4 Å². The molecule has 0 aromatic carbocycles. The zero-order valence-electron chi connectivity index (χ0n) is 12.9. The molecule has 16 heavy (non-hydrogen) atoms. The van der Waals surface area contributed by atoms with Gasteiger partial charge in [0.05, 0.1) is 12.3 Å². The smallest absolute Gasteiger partial charge is 0.0583 e. The largest absolute Gasteiger partial charge is 0.294 e. The highest BCUT2D eigenvalue weighted by molar-refractivity contribution is 4.53. The maximum absolute atomic E-state index is 2.17. The van der Waals surface area contributed by atoms with E-state index < -0.39 is 0 Å². The van der Waals surface area contributed by atoms with Gasteiger partial charge in [0.2, 0.25) is 0 Å². The van der Waals surface area contributed by atoms with Crippen molar-refractivity contribution in [3.63, 3.8) is 0 Å². The maximum Gasteiger partial charge on any atom is 0.0583 e. The van der Waals surface area contributed by atoms with Crippen molar-refractivity contribution in [1.29, 1.82) is 0 Å². The Labute approximate surface area is 103 Å². The molecule has 100 valence electrons. The number of hydrogen-bond acceptors (Lipinski definition) is 4. The van der Waals surface area contributed by atoms with Gasteiger partial charge >= 0.3 is 0 Å². The van der Waals surface area contributed by atoms with E-state index in [1.165, 1.54) is 0 Å². The summed E-state index contributed by atoms with van der Waals surface area (Å²) in [4.78, 5) is 8.67. The molecular formula is C12H32N4. The lowest BCUT2D eigenvalue weighted by Crippen LogP contribution is -2.37. The molecule has 0 aliphatic carbocycles. The normalized spacial score (nSPS) is 12.0. The third-order valence-electron chi connectivity index (χ3n) is 2.99. The van der Waals surface area contributed by atoms with Crippen molar-refractivity contribution in [2.24, 2.45) is 0 Å². The SMILES string of the molecule is CC(N(C)C)N(C)C.CC(N(C)C)N(C)C. The van der Waals surface area contributed by atoms with E-state index in [1.54, 1.807) is 0 Å². The molecule has 4 nitrogen and oxygen atoms in total. The Morgan fingerprint density at radius 1 is 0.438 bits per heavy atom. The first kappa shape index (κ1) is 18.2. The molecule has 0 radical (unpaired) electrons. The van der Waals surface area contributed by atoms with E-state index in [9.17, 15) is 0 Å². The molecule has 0 atom stereocenters. The zero-order chi connectivity index (χ0) is 13.5. The molecule has 0 saturated carbocycles. The van der Waals surface area contributed by atoms with Crippen molar-refractivity contribution in [1.82, 2.24) is 19.6 Å². The van der Waals surface area contributed by atoms with Gasteiger partial charge in [0.15, 0.2) is 0 Å². The fraction of sp³-hybridized carbons (Fsp3) is 1.00. The van der Waals surface area contributed by atoms with E-state index in [-0.39, 0.29) is 0 Å². The summed E-state index contributed by atoms with van der Waals surface area (Å²) in [7, 11) is 16.6. The van der Waals surface area contributed by atoms with Gasteiger partial charge in [0.1, 0.15) is 0 Å². The van der Waals surface area contributed by atoms with Crippen LogP contribution in [0.15, 0.2) is 0 Å². The van der Waals surface area contributed by atoms with Crippen LogP contribution in [0.3, 0.4) is 0 Å². The minimum absolute atomic E-state index is 0.537. The van der Waals surface area contributed by atoms with Gasteiger partial charge in [-0.1, -0.05) is 0 Å². The number of hydrogen-bond donors (Lipinski definition) is 0. The topological polar surface area (TPSA) is 13.0 Å². The Bertz CT molecular complexity index is 121. The first-order chi connectivity index (χ1) is 7.11.